The molecule has 0 N–H and O–H groups in total. The molecule has 108 valence electrons. The van der Waals surface area contributed by atoms with Crippen LogP contribution >= 0.6 is 11.6 Å². The van der Waals surface area contributed by atoms with Crippen molar-refractivity contribution < 1.29 is 0 Å². The van der Waals surface area contributed by atoms with E-state index in [2.05, 4.69) is 22.1 Å². The number of rotatable bonds is 4. The molecule has 0 amide bonds. The van der Waals surface area contributed by atoms with Crippen LogP contribution in [0.3, 0.4) is 0 Å². The summed E-state index contributed by atoms with van der Waals surface area (Å²) in [6.07, 6.45) is 3.60. The van der Waals surface area contributed by atoms with Gasteiger partial charge < -0.3 is 0 Å². The number of hydrogen-bond acceptors (Lipinski definition) is 2. The molecule has 0 aliphatic carbocycles. The lowest BCUT2D eigenvalue weighted by atomic mass is 10.0. The molecule has 22 heavy (non-hydrogen) atoms. The van der Waals surface area contributed by atoms with Gasteiger partial charge in [0, 0.05) is 18.0 Å². The fourth-order valence-electron chi connectivity index (χ4n) is 2.29. The van der Waals surface area contributed by atoms with Crippen LogP contribution in [0.1, 0.15) is 11.1 Å². The van der Waals surface area contributed by atoms with Crippen LogP contribution in [0.5, 0.6) is 0 Å². The number of aromatic nitrogens is 1. The van der Waals surface area contributed by atoms with Gasteiger partial charge in [0.2, 0.25) is 0 Å². The van der Waals surface area contributed by atoms with Crippen LogP contribution < -0.4 is 0 Å². The number of aliphatic imine (C=N–C) groups is 1. The van der Waals surface area contributed by atoms with Crippen LogP contribution in [-0.2, 0) is 6.54 Å². The lowest BCUT2D eigenvalue weighted by Crippen LogP contribution is -1.94. The van der Waals surface area contributed by atoms with Crippen molar-refractivity contribution in [2.75, 3.05) is 0 Å². The highest BCUT2D eigenvalue weighted by Crippen LogP contribution is 2.23. The first-order valence-corrected chi connectivity index (χ1v) is 7.46. The summed E-state index contributed by atoms with van der Waals surface area (Å²) in [5.74, 6) is 0. The molecule has 1 aromatic heterocycles. The van der Waals surface area contributed by atoms with E-state index in [1.54, 1.807) is 12.4 Å². The molecule has 0 bridgehead atoms. The Labute approximate surface area is 135 Å². The van der Waals surface area contributed by atoms with E-state index in [0.29, 0.717) is 11.7 Å². The van der Waals surface area contributed by atoms with Crippen molar-refractivity contribution in [3.05, 3.63) is 90.3 Å². The molecule has 3 aromatic rings. The smallest absolute Gasteiger partial charge is 0.131 e. The molecule has 3 heteroatoms. The van der Waals surface area contributed by atoms with Gasteiger partial charge in [0.15, 0.2) is 0 Å². The van der Waals surface area contributed by atoms with Gasteiger partial charge in [-0.15, -0.1) is 0 Å². The van der Waals surface area contributed by atoms with Gasteiger partial charge in [-0.3, -0.25) is 9.98 Å². The van der Waals surface area contributed by atoms with Crippen molar-refractivity contribution in [1.29, 1.82) is 0 Å². The monoisotopic (exact) mass is 306 g/mol. The Morgan fingerprint density at radius 1 is 0.864 bits per heavy atom. The van der Waals surface area contributed by atoms with Crippen molar-refractivity contribution in [2.45, 2.75) is 6.54 Å². The average Bonchev–Trinajstić information content (AvgIpc) is 2.61. The third kappa shape index (κ3) is 3.41. The lowest BCUT2D eigenvalue weighted by molar-refractivity contribution is 1.08. The van der Waals surface area contributed by atoms with Gasteiger partial charge in [-0.25, -0.2) is 0 Å². The van der Waals surface area contributed by atoms with Gasteiger partial charge in [-0.1, -0.05) is 66.2 Å². The standard InChI is InChI=1S/C19H15ClN2/c20-19(16-6-2-1-3-7-16)22-14-17-8-4-5-9-18(17)15-10-12-21-13-11-15/h1-13H,14H2. The third-order valence-corrected chi connectivity index (χ3v) is 3.75. The molecule has 0 spiro atoms. The Kier molecular flexibility index (Phi) is 4.62. The number of nitrogens with zero attached hydrogens (tertiary/aromatic N) is 2. The van der Waals surface area contributed by atoms with Crippen molar-refractivity contribution in [3.63, 3.8) is 0 Å². The highest BCUT2D eigenvalue weighted by Gasteiger charge is 2.04. The molecule has 0 saturated carbocycles. The van der Waals surface area contributed by atoms with Crippen LogP contribution in [0.4, 0.5) is 0 Å². The van der Waals surface area contributed by atoms with E-state index in [4.69, 9.17) is 11.6 Å². The van der Waals surface area contributed by atoms with Crippen molar-refractivity contribution in [1.82, 2.24) is 4.98 Å². The molecular weight excluding hydrogens is 292 g/mol. The Hall–Kier alpha value is -2.45. The molecule has 0 aliphatic rings. The number of pyridine rings is 1. The molecule has 0 radical (unpaired) electrons. The Balaban J connectivity index is 1.88. The van der Waals surface area contributed by atoms with Crippen LogP contribution in [0, 0.1) is 0 Å². The van der Waals surface area contributed by atoms with Gasteiger partial charge in [-0.2, -0.15) is 0 Å². The van der Waals surface area contributed by atoms with E-state index < -0.39 is 0 Å². The normalized spacial score (nSPS) is 11.4. The number of halogens is 1. The maximum atomic E-state index is 6.29. The summed E-state index contributed by atoms with van der Waals surface area (Å²) >= 11 is 6.29. The summed E-state index contributed by atoms with van der Waals surface area (Å²) in [5.41, 5.74) is 4.37. The third-order valence-electron chi connectivity index (χ3n) is 3.41. The van der Waals surface area contributed by atoms with Crippen LogP contribution in [0.15, 0.2) is 84.1 Å². The number of benzene rings is 2. The summed E-state index contributed by atoms with van der Waals surface area (Å²) < 4.78 is 0. The first-order chi connectivity index (χ1) is 10.8. The van der Waals surface area contributed by atoms with Crippen molar-refractivity contribution >= 4 is 16.8 Å². The van der Waals surface area contributed by atoms with Crippen LogP contribution in [0.25, 0.3) is 11.1 Å². The Bertz CT molecular complexity index is 768. The van der Waals surface area contributed by atoms with Gasteiger partial charge in [0.05, 0.1) is 6.54 Å². The fraction of sp³-hybridized carbons (Fsp3) is 0.0526. The second-order valence-electron chi connectivity index (χ2n) is 4.87. The Morgan fingerprint density at radius 3 is 2.32 bits per heavy atom. The molecule has 2 aromatic carbocycles. The predicted octanol–water partition coefficient (Wildman–Crippen LogP) is 4.93. The lowest BCUT2D eigenvalue weighted by Gasteiger charge is -2.08. The number of hydrogen-bond donors (Lipinski definition) is 0. The van der Waals surface area contributed by atoms with Crippen molar-refractivity contribution in [2.24, 2.45) is 4.99 Å². The molecule has 3 rings (SSSR count). The van der Waals surface area contributed by atoms with E-state index in [1.807, 2.05) is 54.6 Å². The van der Waals surface area contributed by atoms with Crippen LogP contribution in [0.2, 0.25) is 0 Å². The molecule has 0 atom stereocenters. The van der Waals surface area contributed by atoms with Gasteiger partial charge >= 0.3 is 0 Å². The molecule has 2 nitrogen and oxygen atoms in total. The highest BCUT2D eigenvalue weighted by molar-refractivity contribution is 6.69. The molecule has 0 fully saturated rings. The Morgan fingerprint density at radius 2 is 1.55 bits per heavy atom. The molecule has 1 heterocycles. The SMILES string of the molecule is ClC(=NCc1ccccc1-c1ccncc1)c1ccccc1. The topological polar surface area (TPSA) is 25.2 Å². The largest absolute Gasteiger partial charge is 0.268 e. The maximum Gasteiger partial charge on any atom is 0.131 e. The molecular formula is C19H15ClN2. The zero-order valence-corrected chi connectivity index (χ0v) is 12.7. The maximum absolute atomic E-state index is 6.29. The minimum Gasteiger partial charge on any atom is -0.268 e. The molecule has 0 unspecified atom stereocenters. The molecule has 0 aliphatic heterocycles. The minimum absolute atomic E-state index is 0.533. The van der Waals surface area contributed by atoms with E-state index in [-0.39, 0.29) is 0 Å². The van der Waals surface area contributed by atoms with Gasteiger partial charge in [0.1, 0.15) is 5.17 Å². The fourth-order valence-corrected chi connectivity index (χ4v) is 2.48. The first kappa shape index (κ1) is 14.5. The second-order valence-corrected chi connectivity index (χ2v) is 5.22. The van der Waals surface area contributed by atoms with Crippen molar-refractivity contribution in [3.8, 4) is 11.1 Å². The van der Waals surface area contributed by atoms with E-state index in [1.165, 1.54) is 0 Å². The first-order valence-electron chi connectivity index (χ1n) is 7.08. The zero-order chi connectivity index (χ0) is 15.2. The second kappa shape index (κ2) is 7.01. The highest BCUT2D eigenvalue weighted by atomic mass is 35.5. The van der Waals surface area contributed by atoms with Gasteiger partial charge in [0.25, 0.3) is 0 Å². The summed E-state index contributed by atoms with van der Waals surface area (Å²) in [5, 5.41) is 0.533. The van der Waals surface area contributed by atoms with Gasteiger partial charge in [-0.05, 0) is 28.8 Å². The minimum atomic E-state index is 0.533. The quantitative estimate of drug-likeness (QED) is 0.627. The van der Waals surface area contributed by atoms with E-state index in [9.17, 15) is 0 Å². The van der Waals surface area contributed by atoms with E-state index >= 15 is 0 Å². The summed E-state index contributed by atoms with van der Waals surface area (Å²) in [6, 6.07) is 22.0. The predicted molar refractivity (Wildman–Crippen MR) is 92.2 cm³/mol. The summed E-state index contributed by atoms with van der Waals surface area (Å²) in [6.45, 7) is 0.548. The van der Waals surface area contributed by atoms with Crippen LogP contribution in [-0.4, -0.2) is 10.2 Å². The zero-order valence-electron chi connectivity index (χ0n) is 12.0. The summed E-state index contributed by atoms with van der Waals surface area (Å²) in [4.78, 5) is 8.58. The summed E-state index contributed by atoms with van der Waals surface area (Å²) in [7, 11) is 0. The molecule has 0 saturated heterocycles. The van der Waals surface area contributed by atoms with E-state index in [0.717, 1.165) is 22.3 Å². The average molecular weight is 307 g/mol.